The third-order valence-electron chi connectivity index (χ3n) is 9.95. The number of halogens is 6. The maximum absolute atomic E-state index is 13.9. The molecule has 0 unspecified atom stereocenters. The van der Waals surface area contributed by atoms with Crippen molar-refractivity contribution < 1.29 is 45.5 Å². The van der Waals surface area contributed by atoms with Crippen LogP contribution in [-0.2, 0) is 34.7 Å². The van der Waals surface area contributed by atoms with E-state index in [1.165, 1.54) is 9.80 Å². The summed E-state index contributed by atoms with van der Waals surface area (Å²) in [6.45, 7) is 1.15. The summed E-state index contributed by atoms with van der Waals surface area (Å²) in [5.41, 5.74) is 2.48. The van der Waals surface area contributed by atoms with Gasteiger partial charge in [0.05, 0.1) is 16.8 Å². The first-order valence-electron chi connectivity index (χ1n) is 17.3. The van der Waals surface area contributed by atoms with Crippen LogP contribution >= 0.6 is 0 Å². The molecule has 0 aliphatic carbocycles. The van der Waals surface area contributed by atoms with Crippen LogP contribution in [-0.4, -0.2) is 88.6 Å². The molecule has 4 N–H and O–H groups in total. The number of pyridine rings is 1. The highest BCUT2D eigenvalue weighted by Gasteiger charge is 2.42. The largest absolute Gasteiger partial charge is 0.436 e. The number of hydrogen-bond acceptors (Lipinski definition) is 7. The number of nitrogens with zero attached hydrogens (tertiary/aromatic N) is 4. The number of piperidine rings is 2. The first-order chi connectivity index (χ1) is 25.2. The number of carbonyl (C=O) groups is 3. The number of nitrogen functional groups attached to an aromatic ring is 1. The van der Waals surface area contributed by atoms with Crippen LogP contribution in [0.4, 0.5) is 53.0 Å². The predicted molar refractivity (Wildman–Crippen MR) is 183 cm³/mol. The summed E-state index contributed by atoms with van der Waals surface area (Å²) in [7, 11) is 0. The molecule has 3 aliphatic heterocycles. The minimum Gasteiger partial charge on any atom is -0.436 e. The van der Waals surface area contributed by atoms with Crippen molar-refractivity contribution in [1.29, 1.82) is 0 Å². The molecule has 6 rings (SSSR count). The van der Waals surface area contributed by atoms with Crippen molar-refractivity contribution in [1.82, 2.24) is 19.7 Å². The second-order valence-corrected chi connectivity index (χ2v) is 13.4. The van der Waals surface area contributed by atoms with E-state index in [0.29, 0.717) is 50.8 Å². The quantitative estimate of drug-likeness (QED) is 0.188. The topological polar surface area (TPSA) is 133 Å². The Morgan fingerprint density at radius 1 is 0.887 bits per heavy atom. The average Bonchev–Trinajstić information content (AvgIpc) is 3.29. The normalized spacial score (nSPS) is 18.2. The van der Waals surface area contributed by atoms with E-state index in [1.54, 1.807) is 29.4 Å². The van der Waals surface area contributed by atoms with Crippen LogP contribution in [0.3, 0.4) is 0 Å². The number of ether oxygens (including phenoxy) is 1. The number of aromatic nitrogens is 1. The summed E-state index contributed by atoms with van der Waals surface area (Å²) in [6, 6.07) is 11.5. The second kappa shape index (κ2) is 15.4. The van der Waals surface area contributed by atoms with Gasteiger partial charge in [0.15, 0.2) is 6.10 Å². The molecular weight excluding hydrogens is 708 g/mol. The van der Waals surface area contributed by atoms with Crippen LogP contribution in [0.1, 0.15) is 47.9 Å². The van der Waals surface area contributed by atoms with Crippen molar-refractivity contribution in [2.24, 2.45) is 0 Å². The standard InChI is InChI=1S/C36H39F6N7O4/c37-35(38,39)27-19-22(20-28(31(27)43)36(40,41)42)21-30(32(50)47-14-8-25(9-15-47)45-24-5-12-44-13-6-24)53-34(52)48-16-10-26(11-17-48)49-18-7-23-3-1-2-4-29(23)46-33(49)51/h1-6,12-13,19-20,25-26,30H,7-11,14-18,21,43H2,(H,44,45)(H,46,51)/t30-/m1/s1. The zero-order valence-corrected chi connectivity index (χ0v) is 28.6. The van der Waals surface area contributed by atoms with Gasteiger partial charge < -0.3 is 35.8 Å². The summed E-state index contributed by atoms with van der Waals surface area (Å²) >= 11 is 0. The number of alkyl halides is 6. The van der Waals surface area contributed by atoms with Crippen LogP contribution in [0.25, 0.3) is 0 Å². The van der Waals surface area contributed by atoms with Crippen molar-refractivity contribution >= 4 is 35.1 Å². The summed E-state index contributed by atoms with van der Waals surface area (Å²) in [5, 5.41) is 6.27. The lowest BCUT2D eigenvalue weighted by atomic mass is 9.97. The van der Waals surface area contributed by atoms with E-state index in [1.807, 2.05) is 24.3 Å². The van der Waals surface area contributed by atoms with E-state index >= 15 is 0 Å². The summed E-state index contributed by atoms with van der Waals surface area (Å²) in [6.07, 6.45) is -8.25. The number of anilines is 3. The van der Waals surface area contributed by atoms with Gasteiger partial charge in [-0.3, -0.25) is 9.78 Å². The minimum absolute atomic E-state index is 0.0232. The van der Waals surface area contributed by atoms with Crippen LogP contribution in [0.15, 0.2) is 60.9 Å². The van der Waals surface area contributed by atoms with Gasteiger partial charge in [-0.15, -0.1) is 0 Å². The fourth-order valence-corrected chi connectivity index (χ4v) is 7.12. The number of urea groups is 1. The molecule has 11 nitrogen and oxygen atoms in total. The van der Waals surface area contributed by atoms with Gasteiger partial charge in [0, 0.05) is 75.0 Å². The monoisotopic (exact) mass is 747 g/mol. The maximum atomic E-state index is 13.9. The zero-order chi connectivity index (χ0) is 37.9. The van der Waals surface area contributed by atoms with Gasteiger partial charge in [-0.25, -0.2) is 9.59 Å². The fourth-order valence-electron chi connectivity index (χ4n) is 7.12. The van der Waals surface area contributed by atoms with E-state index < -0.39 is 59.3 Å². The van der Waals surface area contributed by atoms with Gasteiger partial charge in [-0.2, -0.15) is 26.3 Å². The molecule has 0 saturated carbocycles. The molecule has 0 radical (unpaired) electrons. The highest BCUT2D eigenvalue weighted by Crippen LogP contribution is 2.42. The number of likely N-dealkylation sites (tertiary alicyclic amines) is 2. The van der Waals surface area contributed by atoms with Crippen molar-refractivity contribution in [3.63, 3.8) is 0 Å². The third kappa shape index (κ3) is 8.88. The van der Waals surface area contributed by atoms with Gasteiger partial charge in [0.25, 0.3) is 5.91 Å². The number of benzene rings is 2. The Bertz CT molecular complexity index is 1760. The van der Waals surface area contributed by atoms with Gasteiger partial charge in [-0.1, -0.05) is 18.2 Å². The number of nitrogens with one attached hydrogen (secondary N) is 2. The molecule has 284 valence electrons. The molecule has 2 saturated heterocycles. The molecule has 53 heavy (non-hydrogen) atoms. The van der Waals surface area contributed by atoms with E-state index in [9.17, 15) is 40.7 Å². The molecule has 2 aromatic carbocycles. The minimum atomic E-state index is -5.22. The molecule has 3 aliphatic rings. The average molecular weight is 748 g/mol. The number of nitrogens with two attached hydrogens (primary N) is 1. The molecule has 2 fully saturated rings. The summed E-state index contributed by atoms with van der Waals surface area (Å²) in [5.74, 6) is -0.740. The number of para-hydroxylation sites is 1. The van der Waals surface area contributed by atoms with E-state index in [-0.39, 0.29) is 44.3 Å². The molecule has 4 amide bonds. The molecule has 0 spiro atoms. The lowest BCUT2D eigenvalue weighted by Crippen LogP contribution is -2.52. The zero-order valence-electron chi connectivity index (χ0n) is 28.6. The number of rotatable bonds is 7. The Morgan fingerprint density at radius 2 is 1.49 bits per heavy atom. The number of amides is 4. The Balaban J connectivity index is 1.16. The van der Waals surface area contributed by atoms with Crippen LogP contribution in [0, 0.1) is 0 Å². The van der Waals surface area contributed by atoms with E-state index in [2.05, 4.69) is 15.6 Å². The van der Waals surface area contributed by atoms with E-state index in [4.69, 9.17) is 10.5 Å². The Kier molecular flexibility index (Phi) is 10.9. The van der Waals surface area contributed by atoms with Crippen molar-refractivity contribution in [2.45, 2.75) is 69.1 Å². The van der Waals surface area contributed by atoms with Crippen LogP contribution in [0.2, 0.25) is 0 Å². The molecule has 4 heterocycles. The van der Waals surface area contributed by atoms with Crippen LogP contribution < -0.4 is 16.4 Å². The molecule has 1 aromatic heterocycles. The van der Waals surface area contributed by atoms with Gasteiger partial charge in [0.2, 0.25) is 0 Å². The summed E-state index contributed by atoms with van der Waals surface area (Å²) in [4.78, 5) is 48.9. The predicted octanol–water partition coefficient (Wildman–Crippen LogP) is 6.41. The van der Waals surface area contributed by atoms with Crippen LogP contribution in [0.5, 0.6) is 0 Å². The number of hydrogen-bond donors (Lipinski definition) is 3. The van der Waals surface area contributed by atoms with Crippen molar-refractivity contribution in [3.8, 4) is 0 Å². The van der Waals surface area contributed by atoms with Gasteiger partial charge in [-0.05, 0) is 73.6 Å². The Labute approximate surface area is 301 Å². The number of fused-ring (bicyclic) bond motifs is 1. The van der Waals surface area contributed by atoms with Crippen molar-refractivity contribution in [2.75, 3.05) is 49.1 Å². The first kappa shape index (κ1) is 37.5. The molecule has 17 heteroatoms. The fraction of sp³-hybridized carbons (Fsp3) is 0.444. The highest BCUT2D eigenvalue weighted by atomic mass is 19.4. The van der Waals surface area contributed by atoms with E-state index in [0.717, 1.165) is 16.9 Å². The molecular formula is C36H39F6N7O4. The highest BCUT2D eigenvalue weighted by molar-refractivity contribution is 5.91. The van der Waals surface area contributed by atoms with Gasteiger partial charge in [0.1, 0.15) is 0 Å². The molecule has 3 aromatic rings. The third-order valence-corrected chi connectivity index (χ3v) is 9.95. The second-order valence-electron chi connectivity index (χ2n) is 13.4. The maximum Gasteiger partial charge on any atom is 0.418 e. The lowest BCUT2D eigenvalue weighted by Gasteiger charge is -2.38. The lowest BCUT2D eigenvalue weighted by molar-refractivity contribution is -0.142. The van der Waals surface area contributed by atoms with Crippen molar-refractivity contribution in [3.05, 3.63) is 83.2 Å². The molecule has 1 atom stereocenters. The first-order valence-corrected chi connectivity index (χ1v) is 17.3. The summed E-state index contributed by atoms with van der Waals surface area (Å²) < 4.78 is 88.8. The number of carbonyl (C=O) groups excluding carboxylic acids is 3. The Hall–Kier alpha value is -5.22. The molecule has 0 bridgehead atoms. The SMILES string of the molecule is Nc1c(C(F)(F)F)cc(C[C@@H](OC(=O)N2CCC(N3CCc4ccccc4NC3=O)CC2)C(=O)N2CCC(Nc3ccncc3)CC2)cc1C(F)(F)F. The smallest absolute Gasteiger partial charge is 0.418 e. The van der Waals surface area contributed by atoms with Gasteiger partial charge >= 0.3 is 24.5 Å². The Morgan fingerprint density at radius 3 is 2.11 bits per heavy atom.